The van der Waals surface area contributed by atoms with Gasteiger partial charge in [0.15, 0.2) is 0 Å². The van der Waals surface area contributed by atoms with Gasteiger partial charge in [-0.1, -0.05) is 24.3 Å². The highest BCUT2D eigenvalue weighted by Crippen LogP contribution is 2.22. The number of methoxy groups -OCH3 is 2. The van der Waals surface area contributed by atoms with Crippen LogP contribution >= 0.6 is 0 Å². The predicted molar refractivity (Wildman–Crippen MR) is 70.1 cm³/mol. The lowest BCUT2D eigenvalue weighted by Gasteiger charge is -2.18. The van der Waals surface area contributed by atoms with E-state index in [0.717, 1.165) is 25.8 Å². The van der Waals surface area contributed by atoms with Crippen molar-refractivity contribution in [2.24, 2.45) is 5.73 Å². The highest BCUT2D eigenvalue weighted by molar-refractivity contribution is 5.29. The van der Waals surface area contributed by atoms with Crippen LogP contribution in [0.1, 0.15) is 30.1 Å². The van der Waals surface area contributed by atoms with Gasteiger partial charge in [-0.15, -0.1) is 0 Å². The highest BCUT2D eigenvalue weighted by Gasteiger charge is 2.13. The van der Waals surface area contributed by atoms with Gasteiger partial charge in [-0.2, -0.15) is 0 Å². The minimum atomic E-state index is 0.0223. The van der Waals surface area contributed by atoms with E-state index in [9.17, 15) is 0 Å². The van der Waals surface area contributed by atoms with E-state index in [2.05, 4.69) is 18.2 Å². The molecule has 96 valence electrons. The van der Waals surface area contributed by atoms with E-state index in [-0.39, 0.29) is 6.10 Å². The van der Waals surface area contributed by atoms with Crippen LogP contribution in [-0.4, -0.2) is 27.4 Å². The van der Waals surface area contributed by atoms with Gasteiger partial charge < -0.3 is 15.2 Å². The molecular formula is C14H23NO2. The second-order valence-corrected chi connectivity index (χ2v) is 4.12. The monoisotopic (exact) mass is 237 g/mol. The average Bonchev–Trinajstić information content (AvgIpc) is 2.37. The molecule has 3 nitrogen and oxygen atoms in total. The Morgan fingerprint density at radius 3 is 2.59 bits per heavy atom. The molecule has 0 aliphatic carbocycles. The second kappa shape index (κ2) is 8.23. The van der Waals surface area contributed by atoms with Gasteiger partial charge in [0.1, 0.15) is 6.10 Å². The summed E-state index contributed by atoms with van der Waals surface area (Å²) in [5, 5.41) is 0. The van der Waals surface area contributed by atoms with Crippen molar-refractivity contribution in [3.05, 3.63) is 35.4 Å². The van der Waals surface area contributed by atoms with Gasteiger partial charge in [0, 0.05) is 14.2 Å². The van der Waals surface area contributed by atoms with E-state index in [1.165, 1.54) is 11.1 Å². The average molecular weight is 237 g/mol. The zero-order valence-electron chi connectivity index (χ0n) is 10.8. The second-order valence-electron chi connectivity index (χ2n) is 4.12. The number of hydrogen-bond donors (Lipinski definition) is 1. The summed E-state index contributed by atoms with van der Waals surface area (Å²) in [7, 11) is 3.42. The molecule has 0 saturated carbocycles. The third kappa shape index (κ3) is 4.46. The Kier molecular flexibility index (Phi) is 6.86. The lowest BCUT2D eigenvalue weighted by Crippen LogP contribution is -2.11. The molecule has 0 aliphatic heterocycles. The van der Waals surface area contributed by atoms with Crippen LogP contribution < -0.4 is 5.73 Å². The summed E-state index contributed by atoms with van der Waals surface area (Å²) in [6.45, 7) is 1.35. The number of unbranched alkanes of at least 4 members (excludes halogenated alkanes) is 1. The SMILES string of the molecule is COCC(OC)c1ccccc1CCCCN. The van der Waals surface area contributed by atoms with Crippen molar-refractivity contribution < 1.29 is 9.47 Å². The van der Waals surface area contributed by atoms with Crippen LogP contribution in [0, 0.1) is 0 Å². The molecule has 2 N–H and O–H groups in total. The summed E-state index contributed by atoms with van der Waals surface area (Å²) in [5.41, 5.74) is 8.09. The Bertz CT molecular complexity index is 315. The normalized spacial score (nSPS) is 12.6. The molecule has 1 aromatic carbocycles. The van der Waals surface area contributed by atoms with Crippen molar-refractivity contribution >= 4 is 0 Å². The fourth-order valence-corrected chi connectivity index (χ4v) is 1.97. The number of benzene rings is 1. The molecule has 1 rings (SSSR count). The van der Waals surface area contributed by atoms with E-state index < -0.39 is 0 Å². The van der Waals surface area contributed by atoms with E-state index >= 15 is 0 Å². The Morgan fingerprint density at radius 2 is 1.94 bits per heavy atom. The smallest absolute Gasteiger partial charge is 0.106 e. The number of nitrogens with two attached hydrogens (primary N) is 1. The summed E-state index contributed by atoms with van der Waals surface area (Å²) >= 11 is 0. The third-order valence-electron chi connectivity index (χ3n) is 2.90. The van der Waals surface area contributed by atoms with Gasteiger partial charge in [-0.25, -0.2) is 0 Å². The third-order valence-corrected chi connectivity index (χ3v) is 2.90. The standard InChI is InChI=1S/C14H23NO2/c1-16-11-14(17-2)13-9-4-3-7-12(13)8-5-6-10-15/h3-4,7,9,14H,5-6,8,10-11,15H2,1-2H3. The van der Waals surface area contributed by atoms with Crippen LogP contribution in [0.15, 0.2) is 24.3 Å². The van der Waals surface area contributed by atoms with Crippen LogP contribution in [0.25, 0.3) is 0 Å². The molecule has 1 aromatic rings. The predicted octanol–water partition coefficient (Wildman–Crippen LogP) is 2.30. The molecule has 1 atom stereocenters. The molecule has 17 heavy (non-hydrogen) atoms. The molecule has 0 radical (unpaired) electrons. The first-order chi connectivity index (χ1) is 8.33. The molecule has 0 heterocycles. The van der Waals surface area contributed by atoms with E-state index in [4.69, 9.17) is 15.2 Å². The van der Waals surface area contributed by atoms with E-state index in [0.29, 0.717) is 6.61 Å². The zero-order valence-corrected chi connectivity index (χ0v) is 10.8. The number of ether oxygens (including phenoxy) is 2. The maximum absolute atomic E-state index is 5.52. The fraction of sp³-hybridized carbons (Fsp3) is 0.571. The summed E-state index contributed by atoms with van der Waals surface area (Å²) in [6, 6.07) is 8.39. The quantitative estimate of drug-likeness (QED) is 0.706. The van der Waals surface area contributed by atoms with E-state index in [1.807, 2.05) is 6.07 Å². The minimum Gasteiger partial charge on any atom is -0.382 e. The van der Waals surface area contributed by atoms with Crippen LogP contribution in [0.4, 0.5) is 0 Å². The van der Waals surface area contributed by atoms with Gasteiger partial charge in [0.05, 0.1) is 6.61 Å². The number of rotatable bonds is 8. The number of aryl methyl sites for hydroxylation is 1. The Balaban J connectivity index is 2.74. The van der Waals surface area contributed by atoms with Gasteiger partial charge in [0.25, 0.3) is 0 Å². The van der Waals surface area contributed by atoms with Crippen LogP contribution in [0.5, 0.6) is 0 Å². The van der Waals surface area contributed by atoms with Gasteiger partial charge in [-0.05, 0) is 36.9 Å². The molecule has 0 bridgehead atoms. The molecule has 1 unspecified atom stereocenters. The lowest BCUT2D eigenvalue weighted by molar-refractivity contribution is 0.0269. The van der Waals surface area contributed by atoms with Crippen LogP contribution in [-0.2, 0) is 15.9 Å². The van der Waals surface area contributed by atoms with Gasteiger partial charge in [-0.3, -0.25) is 0 Å². The summed E-state index contributed by atoms with van der Waals surface area (Å²) in [4.78, 5) is 0. The molecule has 0 aromatic heterocycles. The maximum atomic E-state index is 5.52. The lowest BCUT2D eigenvalue weighted by atomic mass is 9.98. The Labute approximate surface area is 104 Å². The largest absolute Gasteiger partial charge is 0.382 e. The molecule has 0 amide bonds. The summed E-state index contributed by atoms with van der Waals surface area (Å²) in [6.07, 6.45) is 3.26. The molecule has 3 heteroatoms. The minimum absolute atomic E-state index is 0.0223. The highest BCUT2D eigenvalue weighted by atomic mass is 16.5. The molecular weight excluding hydrogens is 214 g/mol. The molecule has 0 aliphatic rings. The first kappa shape index (κ1) is 14.2. The summed E-state index contributed by atoms with van der Waals surface area (Å²) in [5.74, 6) is 0. The van der Waals surface area contributed by atoms with Crippen molar-refractivity contribution in [1.82, 2.24) is 0 Å². The first-order valence-corrected chi connectivity index (χ1v) is 6.13. The van der Waals surface area contributed by atoms with Crippen LogP contribution in [0.3, 0.4) is 0 Å². The first-order valence-electron chi connectivity index (χ1n) is 6.13. The molecule has 0 saturated heterocycles. The van der Waals surface area contributed by atoms with Crippen molar-refractivity contribution in [3.8, 4) is 0 Å². The van der Waals surface area contributed by atoms with Crippen molar-refractivity contribution in [3.63, 3.8) is 0 Å². The van der Waals surface area contributed by atoms with Crippen molar-refractivity contribution in [2.45, 2.75) is 25.4 Å². The van der Waals surface area contributed by atoms with E-state index in [1.54, 1.807) is 14.2 Å². The van der Waals surface area contributed by atoms with Crippen molar-refractivity contribution in [2.75, 3.05) is 27.4 Å². The molecule has 0 fully saturated rings. The number of hydrogen-bond acceptors (Lipinski definition) is 3. The summed E-state index contributed by atoms with van der Waals surface area (Å²) < 4.78 is 10.7. The Hall–Kier alpha value is -0.900. The zero-order chi connectivity index (χ0) is 12.5. The van der Waals surface area contributed by atoms with Crippen molar-refractivity contribution in [1.29, 1.82) is 0 Å². The van der Waals surface area contributed by atoms with Crippen LogP contribution in [0.2, 0.25) is 0 Å². The molecule has 0 spiro atoms. The van der Waals surface area contributed by atoms with Gasteiger partial charge in [0.2, 0.25) is 0 Å². The topological polar surface area (TPSA) is 44.5 Å². The van der Waals surface area contributed by atoms with Gasteiger partial charge >= 0.3 is 0 Å². The fourth-order valence-electron chi connectivity index (χ4n) is 1.97. The maximum Gasteiger partial charge on any atom is 0.106 e. The Morgan fingerprint density at radius 1 is 1.18 bits per heavy atom.